The van der Waals surface area contributed by atoms with Gasteiger partial charge < -0.3 is 4.74 Å². The van der Waals surface area contributed by atoms with Crippen molar-refractivity contribution >= 4 is 0 Å². The van der Waals surface area contributed by atoms with Gasteiger partial charge in [0.1, 0.15) is 0 Å². The predicted molar refractivity (Wildman–Crippen MR) is 77.6 cm³/mol. The van der Waals surface area contributed by atoms with Crippen molar-refractivity contribution in [3.05, 3.63) is 12.7 Å². The average molecular weight is 250 g/mol. The average Bonchev–Trinajstić information content (AvgIpc) is 3.23. The maximum absolute atomic E-state index is 5.54. The molecule has 0 spiro atoms. The Morgan fingerprint density at radius 1 is 1.22 bits per heavy atom. The van der Waals surface area contributed by atoms with Gasteiger partial charge in [0.25, 0.3) is 0 Å². The first-order valence-electron chi connectivity index (χ1n) is 8.05. The lowest BCUT2D eigenvalue weighted by atomic mass is 9.75. The van der Waals surface area contributed by atoms with Gasteiger partial charge in [-0.2, -0.15) is 0 Å². The molecule has 1 heteroatoms. The lowest BCUT2D eigenvalue weighted by Crippen LogP contribution is -2.24. The van der Waals surface area contributed by atoms with Crippen molar-refractivity contribution in [2.75, 3.05) is 6.61 Å². The Morgan fingerprint density at radius 3 is 2.72 bits per heavy atom. The Morgan fingerprint density at radius 2 is 2.00 bits per heavy atom. The molecule has 0 N–H and O–H groups in total. The Hall–Kier alpha value is -0.300. The summed E-state index contributed by atoms with van der Waals surface area (Å²) < 4.78 is 5.54. The molecule has 2 aliphatic rings. The van der Waals surface area contributed by atoms with Crippen molar-refractivity contribution in [3.63, 3.8) is 0 Å². The zero-order valence-corrected chi connectivity index (χ0v) is 12.1. The molecular weight excluding hydrogens is 220 g/mol. The molecular formula is C17H30O. The molecule has 1 aliphatic carbocycles. The molecule has 18 heavy (non-hydrogen) atoms. The second-order valence-electron chi connectivity index (χ2n) is 6.43. The van der Waals surface area contributed by atoms with Crippen LogP contribution in [0.25, 0.3) is 0 Å². The van der Waals surface area contributed by atoms with Crippen molar-refractivity contribution in [2.45, 2.75) is 70.8 Å². The normalized spacial score (nSPS) is 33.1. The molecule has 0 bridgehead atoms. The number of ether oxygens (including phenoxy) is 1. The van der Waals surface area contributed by atoms with E-state index in [4.69, 9.17) is 4.74 Å². The van der Waals surface area contributed by atoms with E-state index in [0.29, 0.717) is 12.0 Å². The number of epoxide rings is 1. The number of rotatable bonds is 8. The van der Waals surface area contributed by atoms with E-state index in [-0.39, 0.29) is 0 Å². The number of allylic oxidation sites excluding steroid dienone is 1. The molecule has 104 valence electrons. The van der Waals surface area contributed by atoms with Crippen LogP contribution in [-0.2, 0) is 4.74 Å². The first kappa shape index (κ1) is 14.1. The minimum absolute atomic E-state index is 0.649. The van der Waals surface area contributed by atoms with Crippen molar-refractivity contribution in [3.8, 4) is 0 Å². The molecule has 1 nitrogen and oxygen atoms in total. The smallest absolute Gasteiger partial charge is 0.0840 e. The van der Waals surface area contributed by atoms with E-state index in [2.05, 4.69) is 19.6 Å². The first-order valence-corrected chi connectivity index (χ1v) is 8.05. The van der Waals surface area contributed by atoms with Gasteiger partial charge in [0.15, 0.2) is 0 Å². The third-order valence-corrected chi connectivity index (χ3v) is 4.94. The van der Waals surface area contributed by atoms with Crippen LogP contribution in [0.15, 0.2) is 12.7 Å². The Kier molecular flexibility index (Phi) is 5.75. The molecule has 1 saturated heterocycles. The lowest BCUT2D eigenvalue weighted by molar-refractivity contribution is 0.173. The fourth-order valence-corrected chi connectivity index (χ4v) is 3.55. The fraction of sp³-hybridized carbons (Fsp3) is 0.882. The number of hydrogen-bond donors (Lipinski definition) is 0. The van der Waals surface area contributed by atoms with Crippen LogP contribution >= 0.6 is 0 Å². The minimum atomic E-state index is 0.649. The van der Waals surface area contributed by atoms with Gasteiger partial charge in [-0.3, -0.25) is 0 Å². The van der Waals surface area contributed by atoms with E-state index < -0.39 is 0 Å². The van der Waals surface area contributed by atoms with Crippen LogP contribution in [0, 0.1) is 17.8 Å². The standard InChI is InChI=1S/C17H30O/c1-3-14(2)9-5-4-6-10-15-11-7-8-12-16(15)17-13-18-17/h3,14-17H,1,4-13H2,2H3. The van der Waals surface area contributed by atoms with Crippen molar-refractivity contribution in [1.29, 1.82) is 0 Å². The van der Waals surface area contributed by atoms with Crippen LogP contribution in [0.5, 0.6) is 0 Å². The van der Waals surface area contributed by atoms with Crippen LogP contribution in [0.2, 0.25) is 0 Å². The summed E-state index contributed by atoms with van der Waals surface area (Å²) >= 11 is 0. The van der Waals surface area contributed by atoms with Crippen LogP contribution in [0.3, 0.4) is 0 Å². The second kappa shape index (κ2) is 7.33. The Balaban J connectivity index is 1.58. The molecule has 0 amide bonds. The Labute approximate surface area is 113 Å². The summed E-state index contributed by atoms with van der Waals surface area (Å²) in [7, 11) is 0. The molecule has 4 atom stereocenters. The third-order valence-electron chi connectivity index (χ3n) is 4.94. The highest BCUT2D eigenvalue weighted by Crippen LogP contribution is 2.40. The van der Waals surface area contributed by atoms with E-state index in [1.54, 1.807) is 0 Å². The quantitative estimate of drug-likeness (QED) is 0.337. The lowest BCUT2D eigenvalue weighted by Gasteiger charge is -2.30. The molecule has 4 unspecified atom stereocenters. The summed E-state index contributed by atoms with van der Waals surface area (Å²) in [4.78, 5) is 0. The summed E-state index contributed by atoms with van der Waals surface area (Å²) in [5, 5.41) is 0. The van der Waals surface area contributed by atoms with Crippen LogP contribution in [-0.4, -0.2) is 12.7 Å². The van der Waals surface area contributed by atoms with Crippen LogP contribution in [0.4, 0.5) is 0 Å². The molecule has 1 heterocycles. The predicted octanol–water partition coefficient (Wildman–Crippen LogP) is 4.96. The zero-order valence-electron chi connectivity index (χ0n) is 12.1. The fourth-order valence-electron chi connectivity index (χ4n) is 3.55. The molecule has 1 saturated carbocycles. The second-order valence-corrected chi connectivity index (χ2v) is 6.43. The van der Waals surface area contributed by atoms with E-state index in [9.17, 15) is 0 Å². The largest absolute Gasteiger partial charge is 0.373 e. The molecule has 1 aliphatic heterocycles. The summed E-state index contributed by atoms with van der Waals surface area (Å²) in [6.45, 7) is 7.18. The van der Waals surface area contributed by atoms with Gasteiger partial charge in [-0.1, -0.05) is 57.9 Å². The van der Waals surface area contributed by atoms with Gasteiger partial charge in [-0.25, -0.2) is 0 Å². The molecule has 0 radical (unpaired) electrons. The van der Waals surface area contributed by atoms with Gasteiger partial charge >= 0.3 is 0 Å². The number of hydrogen-bond acceptors (Lipinski definition) is 1. The van der Waals surface area contributed by atoms with Crippen molar-refractivity contribution in [1.82, 2.24) is 0 Å². The van der Waals surface area contributed by atoms with Gasteiger partial charge in [0, 0.05) is 0 Å². The third kappa shape index (κ3) is 4.42. The van der Waals surface area contributed by atoms with Crippen molar-refractivity contribution in [2.24, 2.45) is 17.8 Å². The van der Waals surface area contributed by atoms with Gasteiger partial charge in [0.2, 0.25) is 0 Å². The first-order chi connectivity index (χ1) is 8.81. The van der Waals surface area contributed by atoms with Crippen molar-refractivity contribution < 1.29 is 4.74 Å². The van der Waals surface area contributed by atoms with E-state index >= 15 is 0 Å². The maximum atomic E-state index is 5.54. The zero-order chi connectivity index (χ0) is 12.8. The summed E-state index contributed by atoms with van der Waals surface area (Å²) in [5.74, 6) is 2.58. The number of unbranched alkanes of at least 4 members (excludes halogenated alkanes) is 2. The Bertz CT molecular complexity index is 244. The van der Waals surface area contributed by atoms with Gasteiger partial charge in [0.05, 0.1) is 12.7 Å². The monoisotopic (exact) mass is 250 g/mol. The summed E-state index contributed by atoms with van der Waals surface area (Å²) in [6.07, 6.45) is 15.5. The highest BCUT2D eigenvalue weighted by molar-refractivity contribution is 4.87. The minimum Gasteiger partial charge on any atom is -0.373 e. The molecule has 0 aromatic heterocycles. The van der Waals surface area contributed by atoms with E-state index in [1.807, 2.05) is 0 Å². The topological polar surface area (TPSA) is 12.5 Å². The highest BCUT2D eigenvalue weighted by atomic mass is 16.6. The molecule has 2 rings (SSSR count). The SMILES string of the molecule is C=CC(C)CCCCCC1CCCCC1C1CO1. The summed E-state index contributed by atoms with van der Waals surface area (Å²) in [5.41, 5.74) is 0. The molecule has 0 aromatic rings. The van der Waals surface area contributed by atoms with Gasteiger partial charge in [-0.05, 0) is 30.6 Å². The van der Waals surface area contributed by atoms with E-state index in [1.165, 1.54) is 57.8 Å². The van der Waals surface area contributed by atoms with E-state index in [0.717, 1.165) is 18.4 Å². The molecule has 0 aromatic carbocycles. The van der Waals surface area contributed by atoms with Crippen LogP contribution < -0.4 is 0 Å². The maximum Gasteiger partial charge on any atom is 0.0840 e. The van der Waals surface area contributed by atoms with Gasteiger partial charge in [-0.15, -0.1) is 6.58 Å². The van der Waals surface area contributed by atoms with Crippen LogP contribution in [0.1, 0.15) is 64.7 Å². The molecule has 2 fully saturated rings. The highest BCUT2D eigenvalue weighted by Gasteiger charge is 2.38. The summed E-state index contributed by atoms with van der Waals surface area (Å²) in [6, 6.07) is 0.